The van der Waals surface area contributed by atoms with Gasteiger partial charge >= 0.3 is 0 Å². The molecule has 0 spiro atoms. The predicted octanol–water partition coefficient (Wildman–Crippen LogP) is 4.32. The van der Waals surface area contributed by atoms with E-state index in [0.29, 0.717) is 18.9 Å². The number of hydrogen-bond acceptors (Lipinski definition) is 1. The van der Waals surface area contributed by atoms with Gasteiger partial charge in [-0.15, -0.1) is 6.58 Å². The maximum Gasteiger partial charge on any atom is 0.223 e. The molecule has 1 aliphatic rings. The molecule has 0 bridgehead atoms. The minimum Gasteiger partial charge on any atom is -0.332 e. The normalized spacial score (nSPS) is 21.6. The van der Waals surface area contributed by atoms with E-state index in [9.17, 15) is 4.79 Å². The lowest BCUT2D eigenvalue weighted by Crippen LogP contribution is -2.40. The van der Waals surface area contributed by atoms with Crippen LogP contribution in [0.25, 0.3) is 0 Å². The number of likely N-dealkylation sites (tertiary alicyclic amines) is 1. The van der Waals surface area contributed by atoms with Crippen LogP contribution in [0.1, 0.15) is 35.9 Å². The molecule has 0 unspecified atom stereocenters. The van der Waals surface area contributed by atoms with Crippen LogP contribution in [0.4, 0.5) is 0 Å². The summed E-state index contributed by atoms with van der Waals surface area (Å²) in [6, 6.07) is 20.8. The van der Waals surface area contributed by atoms with E-state index in [1.807, 2.05) is 47.4 Å². The lowest BCUT2D eigenvalue weighted by atomic mass is 9.82. The van der Waals surface area contributed by atoms with Gasteiger partial charge in [0.25, 0.3) is 0 Å². The molecule has 0 saturated carbocycles. The molecular weight excluding hydrogens is 270 g/mol. The first-order valence-electron chi connectivity index (χ1n) is 7.80. The number of amides is 1. The first-order chi connectivity index (χ1) is 10.8. The van der Waals surface area contributed by atoms with Crippen LogP contribution in [-0.2, 0) is 4.79 Å². The number of carbonyl (C=O) groups excluding carboxylic acids is 1. The zero-order chi connectivity index (χ0) is 15.4. The highest BCUT2D eigenvalue weighted by Gasteiger charge is 2.34. The van der Waals surface area contributed by atoms with Crippen molar-refractivity contribution in [3.8, 4) is 0 Å². The molecule has 2 aromatic rings. The molecule has 1 fully saturated rings. The van der Waals surface area contributed by atoms with Gasteiger partial charge in [-0.2, -0.15) is 0 Å². The van der Waals surface area contributed by atoms with Crippen LogP contribution in [0.15, 0.2) is 73.3 Å². The van der Waals surface area contributed by atoms with E-state index in [0.717, 1.165) is 6.42 Å². The number of piperidine rings is 1. The van der Waals surface area contributed by atoms with Crippen molar-refractivity contribution >= 4 is 5.91 Å². The van der Waals surface area contributed by atoms with E-state index >= 15 is 0 Å². The summed E-state index contributed by atoms with van der Waals surface area (Å²) in [5, 5.41) is 0. The Bertz CT molecular complexity index is 635. The largest absolute Gasteiger partial charge is 0.332 e. The Morgan fingerprint density at radius 1 is 1.00 bits per heavy atom. The maximum atomic E-state index is 12.6. The van der Waals surface area contributed by atoms with Crippen molar-refractivity contribution in [3.63, 3.8) is 0 Å². The average Bonchev–Trinajstić information content (AvgIpc) is 2.58. The second-order valence-corrected chi connectivity index (χ2v) is 5.81. The van der Waals surface area contributed by atoms with Gasteiger partial charge in [0.2, 0.25) is 5.91 Å². The number of rotatable bonds is 4. The zero-order valence-corrected chi connectivity index (χ0v) is 12.7. The van der Waals surface area contributed by atoms with E-state index in [-0.39, 0.29) is 11.9 Å². The van der Waals surface area contributed by atoms with E-state index < -0.39 is 0 Å². The molecule has 2 nitrogen and oxygen atoms in total. The number of benzene rings is 2. The molecule has 0 N–H and O–H groups in total. The smallest absolute Gasteiger partial charge is 0.223 e. The first-order valence-corrected chi connectivity index (χ1v) is 7.80. The summed E-state index contributed by atoms with van der Waals surface area (Å²) >= 11 is 0. The van der Waals surface area contributed by atoms with Crippen molar-refractivity contribution in [2.24, 2.45) is 0 Å². The molecule has 2 heteroatoms. The Morgan fingerprint density at radius 2 is 1.59 bits per heavy atom. The first kappa shape index (κ1) is 14.6. The Morgan fingerprint density at radius 3 is 2.18 bits per heavy atom. The fraction of sp³-hybridized carbons (Fsp3) is 0.250. The SMILES string of the molecule is C=CCN1C(=O)C[C@@H](c2ccccc2)C[C@@H]1c1ccccc1. The highest BCUT2D eigenvalue weighted by molar-refractivity contribution is 5.79. The quantitative estimate of drug-likeness (QED) is 0.768. The molecule has 1 amide bonds. The van der Waals surface area contributed by atoms with Crippen LogP contribution in [0.2, 0.25) is 0 Å². The highest BCUT2D eigenvalue weighted by Crippen LogP contribution is 2.39. The summed E-state index contributed by atoms with van der Waals surface area (Å²) < 4.78 is 0. The monoisotopic (exact) mass is 291 g/mol. The van der Waals surface area contributed by atoms with Gasteiger partial charge < -0.3 is 4.90 Å². The molecule has 0 radical (unpaired) electrons. The molecule has 0 aliphatic carbocycles. The van der Waals surface area contributed by atoms with Crippen molar-refractivity contribution in [2.75, 3.05) is 6.54 Å². The highest BCUT2D eigenvalue weighted by atomic mass is 16.2. The van der Waals surface area contributed by atoms with Gasteiger partial charge in [0.1, 0.15) is 0 Å². The summed E-state index contributed by atoms with van der Waals surface area (Å²) in [5.74, 6) is 0.508. The van der Waals surface area contributed by atoms with Gasteiger partial charge in [-0.1, -0.05) is 66.7 Å². The minimum atomic E-state index is 0.130. The molecule has 0 aromatic heterocycles. The van der Waals surface area contributed by atoms with E-state index in [2.05, 4.69) is 30.8 Å². The second-order valence-electron chi connectivity index (χ2n) is 5.81. The summed E-state index contributed by atoms with van der Waals surface area (Å²) in [4.78, 5) is 14.6. The minimum absolute atomic E-state index is 0.130. The van der Waals surface area contributed by atoms with Crippen molar-refractivity contribution in [1.82, 2.24) is 4.90 Å². The predicted molar refractivity (Wildman–Crippen MR) is 89.5 cm³/mol. The summed E-state index contributed by atoms with van der Waals surface area (Å²) in [6.45, 7) is 4.41. The van der Waals surface area contributed by atoms with Crippen LogP contribution in [-0.4, -0.2) is 17.4 Å². The molecule has 2 atom stereocenters. The molecule has 22 heavy (non-hydrogen) atoms. The number of carbonyl (C=O) groups is 1. The van der Waals surface area contributed by atoms with E-state index in [1.54, 1.807) is 0 Å². The molecule has 3 rings (SSSR count). The maximum absolute atomic E-state index is 12.6. The van der Waals surface area contributed by atoms with Gasteiger partial charge in [-0.3, -0.25) is 4.79 Å². The molecule has 1 heterocycles. The van der Waals surface area contributed by atoms with Gasteiger partial charge in [0.15, 0.2) is 0 Å². The Balaban J connectivity index is 1.92. The van der Waals surface area contributed by atoms with E-state index in [4.69, 9.17) is 0 Å². The third-order valence-corrected chi connectivity index (χ3v) is 4.41. The zero-order valence-electron chi connectivity index (χ0n) is 12.7. The Labute approximate surface area is 132 Å². The standard InChI is InChI=1S/C20H21NO/c1-2-13-21-19(17-11-7-4-8-12-17)14-18(15-20(21)22)16-9-5-3-6-10-16/h2-12,18-19H,1,13-15H2/t18-,19+/m0/s1. The summed E-state index contributed by atoms with van der Waals surface area (Å²) in [7, 11) is 0. The molecular formula is C20H21NO. The van der Waals surface area contributed by atoms with Crippen LogP contribution >= 0.6 is 0 Å². The Kier molecular flexibility index (Phi) is 4.38. The van der Waals surface area contributed by atoms with Crippen molar-refractivity contribution in [2.45, 2.75) is 24.8 Å². The van der Waals surface area contributed by atoms with Gasteiger partial charge in [0.05, 0.1) is 6.04 Å². The summed E-state index contributed by atoms with van der Waals surface area (Å²) in [6.07, 6.45) is 3.37. The molecule has 1 saturated heterocycles. The van der Waals surface area contributed by atoms with Crippen LogP contribution in [0.3, 0.4) is 0 Å². The number of hydrogen-bond donors (Lipinski definition) is 0. The van der Waals surface area contributed by atoms with Crippen LogP contribution < -0.4 is 0 Å². The van der Waals surface area contributed by atoms with Gasteiger partial charge in [0, 0.05) is 13.0 Å². The van der Waals surface area contributed by atoms with Crippen molar-refractivity contribution < 1.29 is 4.79 Å². The third kappa shape index (κ3) is 2.96. The van der Waals surface area contributed by atoms with Crippen molar-refractivity contribution in [3.05, 3.63) is 84.4 Å². The average molecular weight is 291 g/mol. The Hall–Kier alpha value is -2.35. The van der Waals surface area contributed by atoms with Gasteiger partial charge in [-0.25, -0.2) is 0 Å². The fourth-order valence-corrected chi connectivity index (χ4v) is 3.32. The van der Waals surface area contributed by atoms with Gasteiger partial charge in [-0.05, 0) is 23.5 Å². The van der Waals surface area contributed by atoms with E-state index in [1.165, 1.54) is 11.1 Å². The summed E-state index contributed by atoms with van der Waals surface area (Å²) in [5.41, 5.74) is 2.47. The van der Waals surface area contributed by atoms with Crippen molar-refractivity contribution in [1.29, 1.82) is 0 Å². The second kappa shape index (κ2) is 6.61. The topological polar surface area (TPSA) is 20.3 Å². The molecule has 1 aliphatic heterocycles. The lowest BCUT2D eigenvalue weighted by Gasteiger charge is -2.39. The third-order valence-electron chi connectivity index (χ3n) is 4.41. The molecule has 112 valence electrons. The molecule has 2 aromatic carbocycles. The van der Waals surface area contributed by atoms with Crippen LogP contribution in [0, 0.1) is 0 Å². The fourth-order valence-electron chi connectivity index (χ4n) is 3.32. The number of nitrogens with zero attached hydrogens (tertiary/aromatic N) is 1. The lowest BCUT2D eigenvalue weighted by molar-refractivity contribution is -0.136. The van der Waals surface area contributed by atoms with Crippen LogP contribution in [0.5, 0.6) is 0 Å².